The van der Waals surface area contributed by atoms with Crippen molar-refractivity contribution in [1.29, 1.82) is 0 Å². The minimum atomic E-state index is -0.901. The van der Waals surface area contributed by atoms with E-state index < -0.39 is 5.97 Å². The van der Waals surface area contributed by atoms with E-state index in [9.17, 15) is 4.79 Å². The van der Waals surface area contributed by atoms with Gasteiger partial charge >= 0.3 is 5.97 Å². The maximum Gasteiger partial charge on any atom is 0.335 e. The number of hydrogen-bond acceptors (Lipinski definition) is 2. The molecule has 2 heterocycles. The summed E-state index contributed by atoms with van der Waals surface area (Å²) < 4.78 is 7.02. The Labute approximate surface area is 118 Å². The van der Waals surface area contributed by atoms with Gasteiger partial charge in [0.1, 0.15) is 12.2 Å². The first-order valence-electron chi connectivity index (χ1n) is 5.97. The summed E-state index contributed by atoms with van der Waals surface area (Å²) in [6.07, 6.45) is -0.183. The lowest BCUT2D eigenvalue weighted by Crippen LogP contribution is -2.05. The number of carboxylic acids is 1. The summed E-state index contributed by atoms with van der Waals surface area (Å²) in [5.74, 6) is -0.901. The summed E-state index contributed by atoms with van der Waals surface area (Å²) in [7, 11) is 0. The highest BCUT2D eigenvalue weighted by molar-refractivity contribution is 9.10. The van der Waals surface area contributed by atoms with E-state index in [1.165, 1.54) is 5.56 Å². The molecule has 0 saturated heterocycles. The number of benzene rings is 2. The predicted octanol–water partition coefficient (Wildman–Crippen LogP) is 3.67. The Bertz CT molecular complexity index is 723. The summed E-state index contributed by atoms with van der Waals surface area (Å²) in [5.41, 5.74) is 4.70. The van der Waals surface area contributed by atoms with Crippen molar-refractivity contribution in [3.63, 3.8) is 0 Å². The zero-order valence-corrected chi connectivity index (χ0v) is 11.3. The molecule has 2 aliphatic rings. The normalized spacial score (nSPS) is 22.2. The van der Waals surface area contributed by atoms with Gasteiger partial charge in [0, 0.05) is 4.47 Å². The Morgan fingerprint density at radius 1 is 1.00 bits per heavy atom. The number of carbonyl (C=O) groups is 1. The van der Waals surface area contributed by atoms with E-state index in [2.05, 4.69) is 22.0 Å². The molecule has 1 unspecified atom stereocenters. The van der Waals surface area contributed by atoms with Crippen LogP contribution in [-0.4, -0.2) is 11.1 Å². The third-order valence-corrected chi connectivity index (χ3v) is 4.28. The second-order valence-electron chi connectivity index (χ2n) is 4.82. The van der Waals surface area contributed by atoms with Gasteiger partial charge in [-0.1, -0.05) is 28.1 Å². The number of halogens is 1. The predicted molar refractivity (Wildman–Crippen MR) is 72.3 cm³/mol. The van der Waals surface area contributed by atoms with Crippen LogP contribution in [0, 0.1) is 0 Å². The Balaban J connectivity index is 1.90. The van der Waals surface area contributed by atoms with Gasteiger partial charge in [-0.3, -0.25) is 0 Å². The van der Waals surface area contributed by atoms with E-state index in [0.29, 0.717) is 5.56 Å². The summed E-state index contributed by atoms with van der Waals surface area (Å²) in [5, 5.41) is 9.07. The van der Waals surface area contributed by atoms with Crippen LogP contribution in [0.4, 0.5) is 0 Å². The van der Waals surface area contributed by atoms with Gasteiger partial charge in [-0.25, -0.2) is 4.79 Å². The van der Waals surface area contributed by atoms with Gasteiger partial charge in [0.05, 0.1) is 5.56 Å². The molecule has 0 spiro atoms. The highest BCUT2D eigenvalue weighted by atomic mass is 79.9. The maximum atomic E-state index is 11.1. The van der Waals surface area contributed by atoms with Crippen molar-refractivity contribution in [3.8, 4) is 0 Å². The zero-order valence-electron chi connectivity index (χ0n) is 9.76. The SMILES string of the molecule is O=C(O)c1ccc2c(c1)C1O[C@@H]2c2cc(Br)ccc21. The standard InChI is InChI=1S/C15H9BrO3/c16-8-2-4-10-12(6-8)14-9-3-1-7(15(17)18)5-11(9)13(10)19-14/h1-6,13-14H,(H,17,18)/t13?,14-/m0/s1. The summed E-state index contributed by atoms with van der Waals surface area (Å²) >= 11 is 3.47. The molecule has 4 rings (SSSR count). The first-order chi connectivity index (χ1) is 9.15. The van der Waals surface area contributed by atoms with Gasteiger partial charge in [0.2, 0.25) is 0 Å². The van der Waals surface area contributed by atoms with E-state index in [1.807, 2.05) is 18.2 Å². The first kappa shape index (κ1) is 11.2. The third-order valence-electron chi connectivity index (χ3n) is 3.78. The molecule has 0 amide bonds. The molecule has 2 aromatic carbocycles. The number of fused-ring (bicyclic) bond motifs is 8. The van der Waals surface area contributed by atoms with E-state index >= 15 is 0 Å². The number of aromatic carboxylic acids is 1. The molecular formula is C15H9BrO3. The van der Waals surface area contributed by atoms with E-state index in [1.54, 1.807) is 12.1 Å². The average Bonchev–Trinajstić information content (AvgIpc) is 2.94. The lowest BCUT2D eigenvalue weighted by molar-refractivity contribution is 0.0696. The van der Waals surface area contributed by atoms with Crippen molar-refractivity contribution in [2.75, 3.05) is 0 Å². The van der Waals surface area contributed by atoms with Crippen LogP contribution in [0.25, 0.3) is 0 Å². The molecule has 2 aliphatic heterocycles. The quantitative estimate of drug-likeness (QED) is 0.873. The molecule has 0 aromatic heterocycles. The molecule has 1 N–H and O–H groups in total. The highest BCUT2D eigenvalue weighted by Gasteiger charge is 2.42. The molecule has 0 aliphatic carbocycles. The van der Waals surface area contributed by atoms with Crippen LogP contribution in [0.3, 0.4) is 0 Å². The van der Waals surface area contributed by atoms with Gasteiger partial charge in [-0.05, 0) is 46.5 Å². The van der Waals surface area contributed by atoms with Crippen LogP contribution in [0.1, 0.15) is 44.8 Å². The van der Waals surface area contributed by atoms with Gasteiger partial charge < -0.3 is 9.84 Å². The van der Waals surface area contributed by atoms with Gasteiger partial charge in [0.25, 0.3) is 0 Å². The molecule has 94 valence electrons. The smallest absolute Gasteiger partial charge is 0.335 e. The fourth-order valence-corrected chi connectivity index (χ4v) is 3.33. The molecule has 0 radical (unpaired) electrons. The van der Waals surface area contributed by atoms with Crippen molar-refractivity contribution in [2.45, 2.75) is 12.2 Å². The Hall–Kier alpha value is -1.65. The summed E-state index contributed by atoms with van der Waals surface area (Å²) in [6, 6.07) is 11.3. The molecular weight excluding hydrogens is 308 g/mol. The van der Waals surface area contributed by atoms with Crippen LogP contribution in [0.5, 0.6) is 0 Å². The molecule has 3 nitrogen and oxygen atoms in total. The van der Waals surface area contributed by atoms with Gasteiger partial charge in [0.15, 0.2) is 0 Å². The molecule has 19 heavy (non-hydrogen) atoms. The van der Waals surface area contributed by atoms with E-state index in [-0.39, 0.29) is 12.2 Å². The van der Waals surface area contributed by atoms with Gasteiger partial charge in [-0.15, -0.1) is 0 Å². The van der Waals surface area contributed by atoms with Crippen molar-refractivity contribution in [3.05, 3.63) is 68.7 Å². The van der Waals surface area contributed by atoms with Crippen LogP contribution in [0.15, 0.2) is 40.9 Å². The number of carboxylic acid groups (broad SMARTS) is 1. The Morgan fingerprint density at radius 3 is 2.32 bits per heavy atom. The average molecular weight is 317 g/mol. The summed E-state index contributed by atoms with van der Waals surface area (Å²) in [4.78, 5) is 11.1. The molecule has 2 bridgehead atoms. The van der Waals surface area contributed by atoms with Crippen LogP contribution < -0.4 is 0 Å². The lowest BCUT2D eigenvalue weighted by atomic mass is 9.85. The third kappa shape index (κ3) is 1.44. The molecule has 4 heteroatoms. The molecule has 0 saturated carbocycles. The maximum absolute atomic E-state index is 11.1. The van der Waals surface area contributed by atoms with Crippen molar-refractivity contribution < 1.29 is 14.6 Å². The molecule has 2 aromatic rings. The van der Waals surface area contributed by atoms with Gasteiger partial charge in [-0.2, -0.15) is 0 Å². The van der Waals surface area contributed by atoms with Crippen molar-refractivity contribution in [2.24, 2.45) is 0 Å². The number of rotatable bonds is 1. The second kappa shape index (κ2) is 3.68. The van der Waals surface area contributed by atoms with E-state index in [4.69, 9.17) is 9.84 Å². The minimum absolute atomic E-state index is 0.0599. The number of ether oxygens (including phenoxy) is 1. The molecule has 0 fully saturated rings. The fourth-order valence-electron chi connectivity index (χ4n) is 2.95. The largest absolute Gasteiger partial charge is 0.478 e. The second-order valence-corrected chi connectivity index (χ2v) is 5.73. The zero-order chi connectivity index (χ0) is 13.1. The van der Waals surface area contributed by atoms with E-state index in [0.717, 1.165) is 21.2 Å². The van der Waals surface area contributed by atoms with Crippen LogP contribution >= 0.6 is 15.9 Å². The Morgan fingerprint density at radius 2 is 1.63 bits per heavy atom. The van der Waals surface area contributed by atoms with Crippen LogP contribution in [-0.2, 0) is 4.74 Å². The summed E-state index contributed by atoms with van der Waals surface area (Å²) in [6.45, 7) is 0. The monoisotopic (exact) mass is 316 g/mol. The lowest BCUT2D eigenvalue weighted by Gasteiger charge is -2.16. The first-order valence-corrected chi connectivity index (χ1v) is 6.76. The van der Waals surface area contributed by atoms with Crippen molar-refractivity contribution in [1.82, 2.24) is 0 Å². The molecule has 2 atom stereocenters. The number of hydrogen-bond donors (Lipinski definition) is 1. The minimum Gasteiger partial charge on any atom is -0.478 e. The highest BCUT2D eigenvalue weighted by Crippen LogP contribution is 2.54. The fraction of sp³-hybridized carbons (Fsp3) is 0.133. The van der Waals surface area contributed by atoms with Crippen molar-refractivity contribution >= 4 is 21.9 Å². The topological polar surface area (TPSA) is 46.5 Å². The Kier molecular flexibility index (Phi) is 2.17. The van der Waals surface area contributed by atoms with Crippen LogP contribution in [0.2, 0.25) is 0 Å².